The SMILES string of the molecule is [2H]c1c([2H])c([2H])c(-c2ccccc2-c2c3ccccc3c(-c3cccc4oc5ccccc5c34)c3ccccc23)c([2H])c1[2H]. The van der Waals surface area contributed by atoms with Gasteiger partial charge in [-0.1, -0.05) is 133 Å². The molecule has 0 radical (unpaired) electrons. The molecule has 7 aromatic carbocycles. The van der Waals surface area contributed by atoms with Gasteiger partial charge in [-0.3, -0.25) is 0 Å². The van der Waals surface area contributed by atoms with Crippen molar-refractivity contribution in [2.24, 2.45) is 0 Å². The zero-order valence-corrected chi connectivity index (χ0v) is 20.9. The molecule has 0 fully saturated rings. The van der Waals surface area contributed by atoms with Crippen molar-refractivity contribution in [3.05, 3.63) is 145 Å². The fourth-order valence-corrected chi connectivity index (χ4v) is 6.00. The maximum Gasteiger partial charge on any atom is 0.136 e. The summed E-state index contributed by atoms with van der Waals surface area (Å²) < 4.78 is 48.6. The maximum absolute atomic E-state index is 8.75. The predicted molar refractivity (Wildman–Crippen MR) is 165 cm³/mol. The Morgan fingerprint density at radius 3 is 1.56 bits per heavy atom. The molecule has 8 rings (SSSR count). The zero-order valence-electron chi connectivity index (χ0n) is 25.9. The molecule has 0 N–H and O–H groups in total. The summed E-state index contributed by atoms with van der Waals surface area (Å²) in [5, 5.41) is 6.23. The molecule has 0 aliphatic heterocycles. The average Bonchev–Trinajstić information content (AvgIpc) is 3.45. The summed E-state index contributed by atoms with van der Waals surface area (Å²) in [6.07, 6.45) is 0. The van der Waals surface area contributed by atoms with E-state index in [9.17, 15) is 0 Å². The van der Waals surface area contributed by atoms with E-state index in [0.717, 1.165) is 65.7 Å². The number of benzene rings is 7. The van der Waals surface area contributed by atoms with E-state index in [1.54, 1.807) is 0 Å². The van der Waals surface area contributed by atoms with Gasteiger partial charge in [0.2, 0.25) is 0 Å². The Hall–Kier alpha value is -5.14. The second-order valence-electron chi connectivity index (χ2n) is 9.66. The number of para-hydroxylation sites is 1. The maximum atomic E-state index is 8.75. The van der Waals surface area contributed by atoms with Crippen molar-refractivity contribution < 1.29 is 11.3 Å². The van der Waals surface area contributed by atoms with Gasteiger partial charge >= 0.3 is 0 Å². The molecule has 0 amide bonds. The van der Waals surface area contributed by atoms with Crippen LogP contribution in [0.3, 0.4) is 0 Å². The molecule has 39 heavy (non-hydrogen) atoms. The molecule has 0 aliphatic carbocycles. The van der Waals surface area contributed by atoms with Crippen LogP contribution in [-0.2, 0) is 0 Å². The third-order valence-corrected chi connectivity index (χ3v) is 7.57. The highest BCUT2D eigenvalue weighted by Crippen LogP contribution is 2.48. The van der Waals surface area contributed by atoms with Crippen molar-refractivity contribution in [3.8, 4) is 33.4 Å². The smallest absolute Gasteiger partial charge is 0.136 e. The van der Waals surface area contributed by atoms with E-state index in [4.69, 9.17) is 11.3 Å². The molecule has 0 bridgehead atoms. The van der Waals surface area contributed by atoms with E-state index in [0.29, 0.717) is 5.56 Å². The van der Waals surface area contributed by atoms with Crippen LogP contribution in [0, 0.1) is 0 Å². The summed E-state index contributed by atoms with van der Waals surface area (Å²) >= 11 is 0. The van der Waals surface area contributed by atoms with Gasteiger partial charge in [0.05, 0.1) is 6.85 Å². The number of hydrogen-bond acceptors (Lipinski definition) is 1. The van der Waals surface area contributed by atoms with E-state index >= 15 is 0 Å². The molecule has 182 valence electrons. The summed E-state index contributed by atoms with van der Waals surface area (Å²) in [4.78, 5) is 0. The fraction of sp³-hybridized carbons (Fsp3) is 0. The molecule has 8 aromatic rings. The Kier molecular flexibility index (Phi) is 3.89. The van der Waals surface area contributed by atoms with Crippen LogP contribution in [0.25, 0.3) is 76.9 Å². The molecule has 1 heterocycles. The summed E-state index contributed by atoms with van der Waals surface area (Å²) in [5.74, 6) is 0. The molecule has 0 unspecified atom stereocenters. The third kappa shape index (κ3) is 3.34. The monoisotopic (exact) mass is 501 g/mol. The van der Waals surface area contributed by atoms with Crippen molar-refractivity contribution in [1.29, 1.82) is 0 Å². The molecule has 0 atom stereocenters. The van der Waals surface area contributed by atoms with Gasteiger partial charge in [0.1, 0.15) is 11.2 Å². The van der Waals surface area contributed by atoms with Crippen molar-refractivity contribution in [2.75, 3.05) is 0 Å². The van der Waals surface area contributed by atoms with Crippen LogP contribution in [0.15, 0.2) is 150 Å². The second kappa shape index (κ2) is 8.72. The fourth-order valence-electron chi connectivity index (χ4n) is 6.00. The Morgan fingerprint density at radius 1 is 0.410 bits per heavy atom. The van der Waals surface area contributed by atoms with Gasteiger partial charge in [-0.15, -0.1) is 0 Å². The molecule has 1 aromatic heterocycles. The normalized spacial score (nSPS) is 13.4. The minimum Gasteiger partial charge on any atom is -0.456 e. The van der Waals surface area contributed by atoms with Gasteiger partial charge in [0.15, 0.2) is 0 Å². The van der Waals surface area contributed by atoms with E-state index in [1.807, 2.05) is 78.9 Å². The lowest BCUT2D eigenvalue weighted by Gasteiger charge is -2.20. The molecular weight excluding hydrogens is 472 g/mol. The van der Waals surface area contributed by atoms with Crippen LogP contribution in [0.5, 0.6) is 0 Å². The quantitative estimate of drug-likeness (QED) is 0.219. The molecular formula is C38H24O. The Morgan fingerprint density at radius 2 is 0.897 bits per heavy atom. The number of rotatable bonds is 3. The molecule has 0 saturated heterocycles. The molecule has 0 aliphatic rings. The van der Waals surface area contributed by atoms with E-state index in [2.05, 4.69) is 36.4 Å². The minimum absolute atomic E-state index is 0.193. The molecule has 1 heteroatoms. The van der Waals surface area contributed by atoms with Crippen molar-refractivity contribution in [1.82, 2.24) is 0 Å². The Labute approximate surface area is 233 Å². The van der Waals surface area contributed by atoms with Crippen LogP contribution >= 0.6 is 0 Å². The summed E-state index contributed by atoms with van der Waals surface area (Å²) in [6.45, 7) is 0. The minimum atomic E-state index is -0.401. The summed E-state index contributed by atoms with van der Waals surface area (Å²) in [7, 11) is 0. The standard InChI is InChI=1S/C38H24O/c1-2-13-25(14-3-1)26-15-4-5-16-27(26)36-28-17-6-8-19-30(28)37(31-20-9-7-18-29(31)36)33-22-12-24-35-38(33)32-21-10-11-23-34(32)39-35/h1-24H/i1D,2D,3D,13D,14D. The first kappa shape index (κ1) is 17.4. The Bertz CT molecular complexity index is 2370. The van der Waals surface area contributed by atoms with Crippen molar-refractivity contribution >= 4 is 43.5 Å². The second-order valence-corrected chi connectivity index (χ2v) is 9.66. The van der Waals surface area contributed by atoms with Gasteiger partial charge in [0.25, 0.3) is 0 Å². The number of fused-ring (bicyclic) bond motifs is 5. The highest BCUT2D eigenvalue weighted by atomic mass is 16.3. The van der Waals surface area contributed by atoms with Crippen LogP contribution in [-0.4, -0.2) is 0 Å². The number of furan rings is 1. The highest BCUT2D eigenvalue weighted by molar-refractivity contribution is 6.26. The van der Waals surface area contributed by atoms with Gasteiger partial charge in [-0.05, 0) is 67.1 Å². The van der Waals surface area contributed by atoms with E-state index in [1.165, 1.54) is 0 Å². The lowest BCUT2D eigenvalue weighted by Crippen LogP contribution is -1.93. The van der Waals surface area contributed by atoms with Gasteiger partial charge < -0.3 is 4.42 Å². The molecule has 1 nitrogen and oxygen atoms in total. The van der Waals surface area contributed by atoms with Gasteiger partial charge in [0, 0.05) is 10.8 Å². The van der Waals surface area contributed by atoms with Crippen LogP contribution in [0.2, 0.25) is 0 Å². The number of hydrogen-bond donors (Lipinski definition) is 0. The zero-order chi connectivity index (χ0) is 30.1. The predicted octanol–water partition coefficient (Wildman–Crippen LogP) is 10.9. The van der Waals surface area contributed by atoms with Crippen LogP contribution in [0.4, 0.5) is 0 Å². The van der Waals surface area contributed by atoms with Crippen molar-refractivity contribution in [3.63, 3.8) is 0 Å². The first-order valence-electron chi connectivity index (χ1n) is 15.5. The lowest BCUT2D eigenvalue weighted by atomic mass is 9.83. The molecule has 0 spiro atoms. The van der Waals surface area contributed by atoms with Crippen molar-refractivity contribution in [2.45, 2.75) is 0 Å². The summed E-state index contributed by atoms with van der Waals surface area (Å²) in [6, 6.07) is 37.0. The first-order chi connectivity index (χ1) is 21.5. The van der Waals surface area contributed by atoms with Crippen LogP contribution in [0.1, 0.15) is 6.85 Å². The largest absolute Gasteiger partial charge is 0.456 e. The topological polar surface area (TPSA) is 13.1 Å². The average molecular weight is 502 g/mol. The third-order valence-electron chi connectivity index (χ3n) is 7.57. The highest BCUT2D eigenvalue weighted by Gasteiger charge is 2.21. The van der Waals surface area contributed by atoms with E-state index in [-0.39, 0.29) is 29.7 Å². The molecule has 0 saturated carbocycles. The van der Waals surface area contributed by atoms with Crippen LogP contribution < -0.4 is 0 Å². The van der Waals surface area contributed by atoms with E-state index < -0.39 is 6.04 Å². The lowest BCUT2D eigenvalue weighted by molar-refractivity contribution is 0.669. The van der Waals surface area contributed by atoms with Gasteiger partial charge in [-0.25, -0.2) is 0 Å². The first-order valence-corrected chi connectivity index (χ1v) is 13.0. The summed E-state index contributed by atoms with van der Waals surface area (Å²) in [5.41, 5.74) is 6.38. The van der Waals surface area contributed by atoms with Gasteiger partial charge in [-0.2, -0.15) is 0 Å². The Balaban J connectivity index is 1.53.